The maximum absolute atomic E-state index is 13.4. The smallest absolute Gasteiger partial charge is 0.411 e. The van der Waals surface area contributed by atoms with Crippen molar-refractivity contribution in [1.29, 1.82) is 0 Å². The van der Waals surface area contributed by atoms with Crippen molar-refractivity contribution >= 4 is 11.7 Å². The minimum Gasteiger partial charge on any atom is -0.478 e. The van der Waals surface area contributed by atoms with Gasteiger partial charge in [-0.25, -0.2) is 9.18 Å². The van der Waals surface area contributed by atoms with Gasteiger partial charge in [0.05, 0.1) is 17.9 Å². The average molecular weight is 281 g/mol. The number of nitrogens with one attached hydrogen (secondary N) is 1. The van der Waals surface area contributed by atoms with Crippen molar-refractivity contribution in [2.75, 3.05) is 25.1 Å². The van der Waals surface area contributed by atoms with E-state index in [1.54, 1.807) is 0 Å². The van der Waals surface area contributed by atoms with Crippen LogP contribution >= 0.6 is 0 Å². The van der Waals surface area contributed by atoms with Crippen LogP contribution in [-0.2, 0) is 4.74 Å². The van der Waals surface area contributed by atoms with E-state index in [1.807, 2.05) is 0 Å². The number of hydrogen-bond donors (Lipinski definition) is 2. The third-order valence-corrected chi connectivity index (χ3v) is 2.06. The molecule has 0 aromatic heterocycles. The van der Waals surface area contributed by atoms with E-state index < -0.39 is 24.6 Å². The third kappa shape index (κ3) is 5.12. The number of aromatic carboxylic acids is 1. The summed E-state index contributed by atoms with van der Waals surface area (Å²) in [6.45, 7) is -1.87. The molecule has 0 saturated heterocycles. The van der Waals surface area contributed by atoms with Gasteiger partial charge in [0.15, 0.2) is 0 Å². The van der Waals surface area contributed by atoms with Gasteiger partial charge in [-0.3, -0.25) is 0 Å². The number of para-hydroxylation sites is 1. The molecule has 0 amide bonds. The predicted molar refractivity (Wildman–Crippen MR) is 58.7 cm³/mol. The van der Waals surface area contributed by atoms with E-state index in [2.05, 4.69) is 10.1 Å². The SMILES string of the molecule is O=C(O)c1cccc(F)c1NCCOCC(F)(F)F. The van der Waals surface area contributed by atoms with Crippen molar-refractivity contribution < 1.29 is 32.2 Å². The second-order valence-electron chi connectivity index (χ2n) is 3.56. The summed E-state index contributed by atoms with van der Waals surface area (Å²) >= 11 is 0. The number of rotatable bonds is 6. The quantitative estimate of drug-likeness (QED) is 0.621. The Morgan fingerprint density at radius 1 is 1.37 bits per heavy atom. The molecule has 8 heteroatoms. The Labute approximate surface area is 106 Å². The summed E-state index contributed by atoms with van der Waals surface area (Å²) in [5, 5.41) is 11.2. The molecule has 19 heavy (non-hydrogen) atoms. The number of alkyl halides is 3. The van der Waals surface area contributed by atoms with E-state index in [0.717, 1.165) is 6.07 Å². The van der Waals surface area contributed by atoms with Crippen molar-refractivity contribution in [3.8, 4) is 0 Å². The van der Waals surface area contributed by atoms with Gasteiger partial charge < -0.3 is 15.2 Å². The molecule has 0 fully saturated rings. The second kappa shape index (κ2) is 6.37. The highest BCUT2D eigenvalue weighted by molar-refractivity contribution is 5.94. The number of ether oxygens (including phenoxy) is 1. The maximum atomic E-state index is 13.4. The summed E-state index contributed by atoms with van der Waals surface area (Å²) in [5.74, 6) is -2.13. The lowest BCUT2D eigenvalue weighted by molar-refractivity contribution is -0.172. The lowest BCUT2D eigenvalue weighted by Crippen LogP contribution is -2.20. The molecule has 0 spiro atoms. The van der Waals surface area contributed by atoms with E-state index >= 15 is 0 Å². The molecule has 1 rings (SSSR count). The first-order chi connectivity index (χ1) is 8.81. The van der Waals surface area contributed by atoms with Crippen molar-refractivity contribution in [1.82, 2.24) is 0 Å². The summed E-state index contributed by atoms with van der Waals surface area (Å²) in [4.78, 5) is 10.8. The van der Waals surface area contributed by atoms with Gasteiger partial charge in [-0.05, 0) is 12.1 Å². The van der Waals surface area contributed by atoms with Gasteiger partial charge in [-0.2, -0.15) is 13.2 Å². The van der Waals surface area contributed by atoms with Crippen LogP contribution in [0.3, 0.4) is 0 Å². The van der Waals surface area contributed by atoms with Crippen LogP contribution in [0.1, 0.15) is 10.4 Å². The Morgan fingerprint density at radius 3 is 2.63 bits per heavy atom. The van der Waals surface area contributed by atoms with Crippen LogP contribution in [0, 0.1) is 5.82 Å². The molecular weight excluding hydrogens is 270 g/mol. The molecule has 1 aromatic rings. The molecule has 0 heterocycles. The monoisotopic (exact) mass is 281 g/mol. The predicted octanol–water partition coefficient (Wildman–Crippen LogP) is 2.51. The van der Waals surface area contributed by atoms with E-state index in [4.69, 9.17) is 5.11 Å². The lowest BCUT2D eigenvalue weighted by Gasteiger charge is -2.11. The highest BCUT2D eigenvalue weighted by Gasteiger charge is 2.27. The van der Waals surface area contributed by atoms with Gasteiger partial charge in [0, 0.05) is 6.54 Å². The summed E-state index contributed by atoms with van der Waals surface area (Å²) in [6.07, 6.45) is -4.43. The Morgan fingerprint density at radius 2 is 2.05 bits per heavy atom. The van der Waals surface area contributed by atoms with E-state index in [0.29, 0.717) is 0 Å². The van der Waals surface area contributed by atoms with E-state index in [9.17, 15) is 22.4 Å². The summed E-state index contributed by atoms with van der Waals surface area (Å²) in [6, 6.07) is 3.46. The summed E-state index contributed by atoms with van der Waals surface area (Å²) in [7, 11) is 0. The van der Waals surface area contributed by atoms with Gasteiger partial charge >= 0.3 is 12.1 Å². The first-order valence-electron chi connectivity index (χ1n) is 5.21. The molecular formula is C11H11F4NO3. The molecule has 0 radical (unpaired) electrons. The highest BCUT2D eigenvalue weighted by atomic mass is 19.4. The number of anilines is 1. The van der Waals surface area contributed by atoms with Crippen molar-refractivity contribution in [2.45, 2.75) is 6.18 Å². The Hall–Kier alpha value is -1.83. The molecule has 4 nitrogen and oxygen atoms in total. The fourth-order valence-corrected chi connectivity index (χ4v) is 1.32. The third-order valence-electron chi connectivity index (χ3n) is 2.06. The molecule has 2 N–H and O–H groups in total. The Kier molecular flexibility index (Phi) is 5.11. The van der Waals surface area contributed by atoms with Crippen LogP contribution in [0.25, 0.3) is 0 Å². The minimum absolute atomic E-state index is 0.142. The number of halogens is 4. The van der Waals surface area contributed by atoms with Crippen LogP contribution in [0.4, 0.5) is 23.2 Å². The molecule has 0 bridgehead atoms. The summed E-state index contributed by atoms with van der Waals surface area (Å²) < 4.78 is 52.9. The number of carbonyl (C=O) groups is 1. The van der Waals surface area contributed by atoms with Gasteiger partial charge in [0.2, 0.25) is 0 Å². The molecule has 0 aliphatic carbocycles. The van der Waals surface area contributed by atoms with Crippen LogP contribution < -0.4 is 5.32 Å². The van der Waals surface area contributed by atoms with E-state index in [1.165, 1.54) is 12.1 Å². The van der Waals surface area contributed by atoms with Gasteiger partial charge in [0.25, 0.3) is 0 Å². The summed E-state index contributed by atoms with van der Waals surface area (Å²) in [5.41, 5.74) is -0.568. The number of benzene rings is 1. The van der Waals surface area contributed by atoms with Gasteiger partial charge in [-0.15, -0.1) is 0 Å². The first-order valence-corrected chi connectivity index (χ1v) is 5.21. The number of carboxylic acid groups (broad SMARTS) is 1. The standard InChI is InChI=1S/C11H11F4NO3/c12-8-3-1-2-7(10(17)18)9(8)16-4-5-19-6-11(13,14)15/h1-3,16H,4-6H2,(H,17,18). The second-order valence-corrected chi connectivity index (χ2v) is 3.56. The van der Waals surface area contributed by atoms with Crippen LogP contribution in [0.15, 0.2) is 18.2 Å². The molecule has 0 saturated carbocycles. The molecule has 1 aromatic carbocycles. The van der Waals surface area contributed by atoms with E-state index in [-0.39, 0.29) is 24.4 Å². The fraction of sp³-hybridized carbons (Fsp3) is 0.364. The molecule has 0 aliphatic rings. The topological polar surface area (TPSA) is 58.6 Å². The Bertz CT molecular complexity index is 448. The molecule has 0 atom stereocenters. The van der Waals surface area contributed by atoms with Crippen LogP contribution in [0.5, 0.6) is 0 Å². The zero-order chi connectivity index (χ0) is 14.5. The fourth-order valence-electron chi connectivity index (χ4n) is 1.32. The van der Waals surface area contributed by atoms with Crippen molar-refractivity contribution in [3.63, 3.8) is 0 Å². The zero-order valence-electron chi connectivity index (χ0n) is 9.63. The lowest BCUT2D eigenvalue weighted by atomic mass is 10.1. The van der Waals surface area contributed by atoms with Gasteiger partial charge in [0.1, 0.15) is 12.4 Å². The number of hydrogen-bond acceptors (Lipinski definition) is 3. The van der Waals surface area contributed by atoms with Crippen molar-refractivity contribution in [3.05, 3.63) is 29.6 Å². The Balaban J connectivity index is 2.52. The highest BCUT2D eigenvalue weighted by Crippen LogP contribution is 2.19. The zero-order valence-corrected chi connectivity index (χ0v) is 9.63. The van der Waals surface area contributed by atoms with Crippen molar-refractivity contribution in [2.24, 2.45) is 0 Å². The van der Waals surface area contributed by atoms with Gasteiger partial charge in [-0.1, -0.05) is 6.07 Å². The molecule has 106 valence electrons. The largest absolute Gasteiger partial charge is 0.478 e. The molecule has 0 aliphatic heterocycles. The number of carboxylic acids is 1. The average Bonchev–Trinajstić information content (AvgIpc) is 2.28. The minimum atomic E-state index is -4.43. The van der Waals surface area contributed by atoms with Crippen LogP contribution in [-0.4, -0.2) is 37.0 Å². The first kappa shape index (κ1) is 15.2. The molecule has 0 unspecified atom stereocenters. The van der Waals surface area contributed by atoms with Crippen LogP contribution in [0.2, 0.25) is 0 Å². The normalized spacial score (nSPS) is 11.4. The maximum Gasteiger partial charge on any atom is 0.411 e.